The number of halogens is 1. The first kappa shape index (κ1) is 18.3. The minimum atomic E-state index is 0. The summed E-state index contributed by atoms with van der Waals surface area (Å²) in [5.74, 6) is 1.73. The van der Waals surface area contributed by atoms with Crippen molar-refractivity contribution in [2.45, 2.75) is 33.2 Å². The highest BCUT2D eigenvalue weighted by Gasteiger charge is 2.45. The Morgan fingerprint density at radius 2 is 1.86 bits per heavy atom. The highest BCUT2D eigenvalue weighted by Crippen LogP contribution is 2.51. The van der Waals surface area contributed by atoms with Gasteiger partial charge in [0.1, 0.15) is 0 Å². The zero-order chi connectivity index (χ0) is 14.6. The lowest BCUT2D eigenvalue weighted by atomic mass is 9.92. The van der Waals surface area contributed by atoms with Crippen LogP contribution in [0.25, 0.3) is 0 Å². The van der Waals surface area contributed by atoms with Gasteiger partial charge in [-0.1, -0.05) is 44.2 Å². The number of guanidine groups is 1. The van der Waals surface area contributed by atoms with E-state index in [1.54, 1.807) is 0 Å². The maximum atomic E-state index is 4.72. The maximum Gasteiger partial charge on any atom is 0.193 e. The predicted octanol–water partition coefficient (Wildman–Crippen LogP) is 3.75. The van der Waals surface area contributed by atoms with E-state index in [0.29, 0.717) is 5.41 Å². The Morgan fingerprint density at radius 1 is 1.24 bits per heavy atom. The third-order valence-electron chi connectivity index (χ3n) is 4.39. The molecule has 4 heteroatoms. The number of aliphatic imine (C=N–C) groups is 1. The SMILES string of the molecule is CC(C)C1(CNC(=NCc2ccccc2)N(C)C)CC1.I. The van der Waals surface area contributed by atoms with Gasteiger partial charge in [-0.05, 0) is 29.7 Å². The molecule has 0 radical (unpaired) electrons. The molecule has 0 bridgehead atoms. The van der Waals surface area contributed by atoms with Crippen LogP contribution in [0.2, 0.25) is 0 Å². The van der Waals surface area contributed by atoms with Crippen LogP contribution < -0.4 is 5.32 Å². The summed E-state index contributed by atoms with van der Waals surface area (Å²) in [6.07, 6.45) is 2.69. The lowest BCUT2D eigenvalue weighted by molar-refractivity contribution is 0.352. The first-order valence-corrected chi connectivity index (χ1v) is 7.53. The van der Waals surface area contributed by atoms with E-state index >= 15 is 0 Å². The van der Waals surface area contributed by atoms with Gasteiger partial charge in [-0.25, -0.2) is 4.99 Å². The zero-order valence-electron chi connectivity index (χ0n) is 13.6. The Labute approximate surface area is 146 Å². The van der Waals surface area contributed by atoms with Gasteiger partial charge >= 0.3 is 0 Å². The van der Waals surface area contributed by atoms with Gasteiger partial charge < -0.3 is 10.2 Å². The second kappa shape index (κ2) is 8.01. The molecule has 1 aliphatic rings. The molecule has 1 N–H and O–H groups in total. The molecule has 2 rings (SSSR count). The lowest BCUT2D eigenvalue weighted by Gasteiger charge is -2.24. The maximum absolute atomic E-state index is 4.72. The van der Waals surface area contributed by atoms with Crippen molar-refractivity contribution >= 4 is 29.9 Å². The average molecular weight is 401 g/mol. The van der Waals surface area contributed by atoms with Crippen molar-refractivity contribution < 1.29 is 0 Å². The summed E-state index contributed by atoms with van der Waals surface area (Å²) in [4.78, 5) is 6.78. The molecular weight excluding hydrogens is 373 g/mol. The molecule has 0 aliphatic heterocycles. The summed E-state index contributed by atoms with van der Waals surface area (Å²) in [6.45, 7) is 6.42. The number of rotatable bonds is 5. The lowest BCUT2D eigenvalue weighted by Crippen LogP contribution is -2.40. The van der Waals surface area contributed by atoms with Crippen LogP contribution in [-0.4, -0.2) is 31.5 Å². The summed E-state index contributed by atoms with van der Waals surface area (Å²) in [7, 11) is 4.09. The molecule has 0 spiro atoms. The molecule has 3 nitrogen and oxygen atoms in total. The van der Waals surface area contributed by atoms with Crippen LogP contribution in [0.5, 0.6) is 0 Å². The van der Waals surface area contributed by atoms with Crippen LogP contribution in [0, 0.1) is 11.3 Å². The van der Waals surface area contributed by atoms with Crippen molar-refractivity contribution in [3.63, 3.8) is 0 Å². The van der Waals surface area contributed by atoms with Crippen molar-refractivity contribution in [2.75, 3.05) is 20.6 Å². The highest BCUT2D eigenvalue weighted by molar-refractivity contribution is 14.0. The number of benzene rings is 1. The van der Waals surface area contributed by atoms with Gasteiger partial charge in [0.05, 0.1) is 6.54 Å². The molecule has 0 heterocycles. The minimum Gasteiger partial charge on any atom is -0.356 e. The molecule has 1 fully saturated rings. The van der Waals surface area contributed by atoms with E-state index in [4.69, 9.17) is 4.99 Å². The Bertz CT molecular complexity index is 450. The van der Waals surface area contributed by atoms with E-state index in [1.807, 2.05) is 20.2 Å². The molecule has 0 unspecified atom stereocenters. The molecule has 1 saturated carbocycles. The van der Waals surface area contributed by atoms with Crippen molar-refractivity contribution in [1.29, 1.82) is 0 Å². The van der Waals surface area contributed by atoms with Gasteiger partial charge in [0, 0.05) is 20.6 Å². The predicted molar refractivity (Wildman–Crippen MR) is 101 cm³/mol. The van der Waals surface area contributed by atoms with Gasteiger partial charge in [-0.15, -0.1) is 24.0 Å². The molecule has 0 atom stereocenters. The molecule has 1 aromatic rings. The number of nitrogens with zero attached hydrogens (tertiary/aromatic N) is 2. The van der Waals surface area contributed by atoms with Gasteiger partial charge in [-0.2, -0.15) is 0 Å². The van der Waals surface area contributed by atoms with Crippen molar-refractivity contribution in [2.24, 2.45) is 16.3 Å². The third-order valence-corrected chi connectivity index (χ3v) is 4.39. The van der Waals surface area contributed by atoms with Gasteiger partial charge in [0.25, 0.3) is 0 Å². The first-order valence-electron chi connectivity index (χ1n) is 7.53. The Hall–Kier alpha value is -0.780. The Morgan fingerprint density at radius 3 is 2.33 bits per heavy atom. The highest BCUT2D eigenvalue weighted by atomic mass is 127. The van der Waals surface area contributed by atoms with Crippen molar-refractivity contribution in [3.05, 3.63) is 35.9 Å². The number of hydrogen-bond acceptors (Lipinski definition) is 1. The summed E-state index contributed by atoms with van der Waals surface area (Å²) in [6, 6.07) is 10.4. The fraction of sp³-hybridized carbons (Fsp3) is 0.588. The van der Waals surface area contributed by atoms with E-state index in [1.165, 1.54) is 18.4 Å². The van der Waals surface area contributed by atoms with E-state index < -0.39 is 0 Å². The summed E-state index contributed by atoms with van der Waals surface area (Å²) < 4.78 is 0. The fourth-order valence-electron chi connectivity index (χ4n) is 2.48. The van der Waals surface area contributed by atoms with Crippen LogP contribution in [0.15, 0.2) is 35.3 Å². The smallest absolute Gasteiger partial charge is 0.193 e. The summed E-state index contributed by atoms with van der Waals surface area (Å²) in [5.41, 5.74) is 1.75. The molecule has 0 aromatic heterocycles. The van der Waals surface area contributed by atoms with E-state index in [-0.39, 0.29) is 24.0 Å². The summed E-state index contributed by atoms with van der Waals surface area (Å²) >= 11 is 0. The van der Waals surface area contributed by atoms with E-state index in [0.717, 1.165) is 25.0 Å². The second-order valence-electron chi connectivity index (χ2n) is 6.39. The standard InChI is InChI=1S/C17H27N3.HI/c1-14(2)17(10-11-17)13-19-16(20(3)4)18-12-15-8-6-5-7-9-15;/h5-9,14H,10-13H2,1-4H3,(H,18,19);1H. The monoisotopic (exact) mass is 401 g/mol. The Kier molecular flexibility index (Phi) is 6.97. The molecule has 1 aliphatic carbocycles. The van der Waals surface area contributed by atoms with Gasteiger partial charge in [0.2, 0.25) is 0 Å². The molecule has 118 valence electrons. The quantitative estimate of drug-likeness (QED) is 0.463. The van der Waals surface area contributed by atoms with Gasteiger partial charge in [0.15, 0.2) is 5.96 Å². The van der Waals surface area contributed by atoms with Crippen LogP contribution in [0.4, 0.5) is 0 Å². The van der Waals surface area contributed by atoms with Crippen LogP contribution in [0.3, 0.4) is 0 Å². The third kappa shape index (κ3) is 5.16. The normalized spacial score (nSPS) is 16.3. The Balaban J connectivity index is 0.00000220. The second-order valence-corrected chi connectivity index (χ2v) is 6.39. The molecule has 0 saturated heterocycles. The number of hydrogen-bond donors (Lipinski definition) is 1. The zero-order valence-corrected chi connectivity index (χ0v) is 15.9. The molecule has 1 aromatic carbocycles. The van der Waals surface area contributed by atoms with Crippen molar-refractivity contribution in [1.82, 2.24) is 10.2 Å². The van der Waals surface area contributed by atoms with Crippen molar-refractivity contribution in [3.8, 4) is 0 Å². The number of nitrogens with one attached hydrogen (secondary N) is 1. The van der Waals surface area contributed by atoms with Crippen LogP contribution in [-0.2, 0) is 6.54 Å². The molecule has 21 heavy (non-hydrogen) atoms. The largest absolute Gasteiger partial charge is 0.356 e. The summed E-state index contributed by atoms with van der Waals surface area (Å²) in [5, 5.41) is 3.55. The first-order chi connectivity index (χ1) is 9.53. The fourth-order valence-corrected chi connectivity index (χ4v) is 2.48. The van der Waals surface area contributed by atoms with Crippen LogP contribution >= 0.6 is 24.0 Å². The van der Waals surface area contributed by atoms with E-state index in [9.17, 15) is 0 Å². The van der Waals surface area contributed by atoms with Crippen LogP contribution in [0.1, 0.15) is 32.3 Å². The van der Waals surface area contributed by atoms with E-state index in [2.05, 4.69) is 48.3 Å². The minimum absolute atomic E-state index is 0. The average Bonchev–Trinajstić information content (AvgIpc) is 3.20. The topological polar surface area (TPSA) is 27.6 Å². The molecule has 0 amide bonds. The molecular formula is C17H28IN3. The van der Waals surface area contributed by atoms with Gasteiger partial charge in [-0.3, -0.25) is 0 Å².